The molecule has 1 atom stereocenters. The predicted molar refractivity (Wildman–Crippen MR) is 74.6 cm³/mol. The molecule has 0 saturated heterocycles. The summed E-state index contributed by atoms with van der Waals surface area (Å²) in [5.74, 6) is -0.701. The first-order valence-corrected chi connectivity index (χ1v) is 6.94. The Hall–Kier alpha value is -1.83. The van der Waals surface area contributed by atoms with E-state index >= 15 is 0 Å². The molecule has 0 unspecified atom stereocenters. The third-order valence-corrected chi connectivity index (χ3v) is 2.65. The zero-order chi connectivity index (χ0) is 16.3. The maximum absolute atomic E-state index is 11.9. The van der Waals surface area contributed by atoms with Gasteiger partial charge < -0.3 is 19.9 Å². The van der Waals surface area contributed by atoms with Crippen LogP contribution in [0.5, 0.6) is 0 Å². The molecule has 0 spiro atoms. The normalized spacial score (nSPS) is 11.4. The smallest absolute Gasteiger partial charge is 0.420 e. The molecule has 0 fully saturated rings. The fourth-order valence-electron chi connectivity index (χ4n) is 1.69. The molecular formula is C13H24N2O6. The summed E-state index contributed by atoms with van der Waals surface area (Å²) in [5, 5.41) is 0. The van der Waals surface area contributed by atoms with Crippen molar-refractivity contribution in [1.29, 1.82) is 0 Å². The lowest BCUT2D eigenvalue weighted by molar-refractivity contribution is -0.146. The second kappa shape index (κ2) is 10.9. The first kappa shape index (κ1) is 19.2. The van der Waals surface area contributed by atoms with E-state index < -0.39 is 24.2 Å². The van der Waals surface area contributed by atoms with Gasteiger partial charge in [-0.25, -0.2) is 14.4 Å². The van der Waals surface area contributed by atoms with E-state index in [-0.39, 0.29) is 19.6 Å². The molecule has 0 aromatic heterocycles. The van der Waals surface area contributed by atoms with Crippen LogP contribution in [0, 0.1) is 0 Å². The van der Waals surface area contributed by atoms with Gasteiger partial charge in [0.05, 0.1) is 20.3 Å². The highest BCUT2D eigenvalue weighted by atomic mass is 16.6. The van der Waals surface area contributed by atoms with E-state index in [9.17, 15) is 14.4 Å². The second-order valence-corrected chi connectivity index (χ2v) is 4.09. The molecule has 0 aliphatic heterocycles. The van der Waals surface area contributed by atoms with Crippen molar-refractivity contribution in [2.45, 2.75) is 39.2 Å². The van der Waals surface area contributed by atoms with Gasteiger partial charge in [0.1, 0.15) is 6.04 Å². The van der Waals surface area contributed by atoms with E-state index in [2.05, 4.69) is 4.74 Å². The number of nitrogens with two attached hydrogens (primary N) is 1. The first-order valence-electron chi connectivity index (χ1n) is 6.94. The van der Waals surface area contributed by atoms with Crippen LogP contribution < -0.4 is 5.73 Å². The molecule has 0 rings (SSSR count). The Morgan fingerprint density at radius 1 is 1.05 bits per heavy atom. The molecule has 8 nitrogen and oxygen atoms in total. The van der Waals surface area contributed by atoms with E-state index in [1.165, 1.54) is 7.11 Å². The summed E-state index contributed by atoms with van der Waals surface area (Å²) in [4.78, 5) is 36.4. The van der Waals surface area contributed by atoms with Crippen LogP contribution in [0.3, 0.4) is 0 Å². The van der Waals surface area contributed by atoms with Gasteiger partial charge in [0.25, 0.3) is 0 Å². The van der Waals surface area contributed by atoms with E-state index in [0.717, 1.165) is 0 Å². The van der Waals surface area contributed by atoms with E-state index in [1.807, 2.05) is 0 Å². The molecule has 0 heterocycles. The SMILES string of the molecule is CCOC(=O)N(C(=O)OCC)[C@@H](CCCCN)C(=O)OC. The van der Waals surface area contributed by atoms with Crippen LogP contribution in [0.2, 0.25) is 0 Å². The highest BCUT2D eigenvalue weighted by Gasteiger charge is 2.37. The Bertz CT molecular complexity index is 330. The standard InChI is InChI=1S/C13H24N2O6/c1-4-20-12(17)15(13(18)21-5-2)10(11(16)19-3)8-6-7-9-14/h10H,4-9,14H2,1-3H3/t10-/m0/s1. The Labute approximate surface area is 124 Å². The first-order chi connectivity index (χ1) is 10.0. The maximum atomic E-state index is 11.9. The largest absolute Gasteiger partial charge is 0.467 e. The topological polar surface area (TPSA) is 108 Å². The van der Waals surface area contributed by atoms with E-state index in [1.54, 1.807) is 13.8 Å². The van der Waals surface area contributed by atoms with Gasteiger partial charge in [-0.2, -0.15) is 4.90 Å². The van der Waals surface area contributed by atoms with E-state index in [4.69, 9.17) is 15.2 Å². The minimum absolute atomic E-state index is 0.0748. The Morgan fingerprint density at radius 2 is 1.57 bits per heavy atom. The molecule has 0 radical (unpaired) electrons. The van der Waals surface area contributed by atoms with Crippen LogP contribution in [-0.2, 0) is 19.0 Å². The molecule has 0 bridgehead atoms. The molecule has 2 amide bonds. The highest BCUT2D eigenvalue weighted by Crippen LogP contribution is 2.14. The maximum Gasteiger partial charge on any atom is 0.420 e. The number of rotatable bonds is 8. The Kier molecular flexibility index (Phi) is 9.95. The van der Waals surface area contributed by atoms with Crippen molar-refractivity contribution in [2.24, 2.45) is 5.73 Å². The van der Waals surface area contributed by atoms with Gasteiger partial charge >= 0.3 is 18.2 Å². The summed E-state index contributed by atoms with van der Waals surface area (Å²) in [5.41, 5.74) is 5.40. The van der Waals surface area contributed by atoms with Gasteiger partial charge in [0, 0.05) is 0 Å². The second-order valence-electron chi connectivity index (χ2n) is 4.09. The van der Waals surface area contributed by atoms with Gasteiger partial charge in [-0.3, -0.25) is 0 Å². The zero-order valence-corrected chi connectivity index (χ0v) is 12.8. The van der Waals surface area contributed by atoms with Crippen molar-refractivity contribution in [1.82, 2.24) is 4.90 Å². The van der Waals surface area contributed by atoms with Crippen molar-refractivity contribution in [2.75, 3.05) is 26.9 Å². The number of ether oxygens (including phenoxy) is 3. The van der Waals surface area contributed by atoms with Crippen molar-refractivity contribution < 1.29 is 28.6 Å². The number of amides is 2. The summed E-state index contributed by atoms with van der Waals surface area (Å²) in [6, 6.07) is -1.08. The number of esters is 1. The molecule has 0 saturated carbocycles. The lowest BCUT2D eigenvalue weighted by Crippen LogP contribution is -2.49. The number of nitrogens with zero attached hydrogens (tertiary/aromatic N) is 1. The molecule has 21 heavy (non-hydrogen) atoms. The number of carbonyl (C=O) groups excluding carboxylic acids is 3. The minimum Gasteiger partial charge on any atom is -0.467 e. The quantitative estimate of drug-likeness (QED) is 0.408. The van der Waals surface area contributed by atoms with Crippen molar-refractivity contribution in [3.05, 3.63) is 0 Å². The molecule has 2 N–H and O–H groups in total. The molecule has 0 aliphatic carbocycles. The molecule has 0 aromatic rings. The molecule has 0 aliphatic rings. The highest BCUT2D eigenvalue weighted by molar-refractivity contribution is 5.93. The molecular weight excluding hydrogens is 280 g/mol. The fraction of sp³-hybridized carbons (Fsp3) is 0.769. The lowest BCUT2D eigenvalue weighted by Gasteiger charge is -2.26. The predicted octanol–water partition coefficient (Wildman–Crippen LogP) is 1.27. The van der Waals surface area contributed by atoms with Gasteiger partial charge in [-0.15, -0.1) is 0 Å². The fourth-order valence-corrected chi connectivity index (χ4v) is 1.69. The van der Waals surface area contributed by atoms with Crippen molar-refractivity contribution in [3.8, 4) is 0 Å². The number of carbonyl (C=O) groups is 3. The molecule has 0 aromatic carbocycles. The van der Waals surface area contributed by atoms with Crippen LogP contribution >= 0.6 is 0 Å². The summed E-state index contributed by atoms with van der Waals surface area (Å²) in [6.07, 6.45) is -0.404. The van der Waals surface area contributed by atoms with Gasteiger partial charge in [0.15, 0.2) is 0 Å². The summed E-state index contributed by atoms with van der Waals surface area (Å²) >= 11 is 0. The van der Waals surface area contributed by atoms with Crippen molar-refractivity contribution >= 4 is 18.2 Å². The third kappa shape index (κ3) is 6.44. The van der Waals surface area contributed by atoms with Crippen LogP contribution in [-0.4, -0.2) is 56.0 Å². The van der Waals surface area contributed by atoms with Crippen LogP contribution in [0.1, 0.15) is 33.1 Å². The summed E-state index contributed by atoms with van der Waals surface area (Å²) in [6.45, 7) is 3.80. The summed E-state index contributed by atoms with van der Waals surface area (Å²) < 4.78 is 14.3. The van der Waals surface area contributed by atoms with Crippen LogP contribution in [0.15, 0.2) is 0 Å². The van der Waals surface area contributed by atoms with Crippen LogP contribution in [0.25, 0.3) is 0 Å². The van der Waals surface area contributed by atoms with E-state index in [0.29, 0.717) is 24.3 Å². The third-order valence-electron chi connectivity index (χ3n) is 2.65. The molecule has 122 valence electrons. The number of unbranched alkanes of at least 4 members (excludes halogenated alkanes) is 1. The number of imide groups is 1. The molecule has 8 heteroatoms. The van der Waals surface area contributed by atoms with Gasteiger partial charge in [-0.05, 0) is 39.7 Å². The van der Waals surface area contributed by atoms with Crippen LogP contribution in [0.4, 0.5) is 9.59 Å². The zero-order valence-electron chi connectivity index (χ0n) is 12.8. The number of methoxy groups -OCH3 is 1. The summed E-state index contributed by atoms with van der Waals surface area (Å²) in [7, 11) is 1.19. The Balaban J connectivity index is 5.18. The lowest BCUT2D eigenvalue weighted by atomic mass is 10.1. The Morgan fingerprint density at radius 3 is 1.95 bits per heavy atom. The van der Waals surface area contributed by atoms with Crippen molar-refractivity contribution in [3.63, 3.8) is 0 Å². The monoisotopic (exact) mass is 304 g/mol. The van der Waals surface area contributed by atoms with Gasteiger partial charge in [0.2, 0.25) is 0 Å². The van der Waals surface area contributed by atoms with Gasteiger partial charge in [-0.1, -0.05) is 0 Å². The minimum atomic E-state index is -1.08. The average Bonchev–Trinajstić information content (AvgIpc) is 2.46. The number of hydrogen-bond acceptors (Lipinski definition) is 7. The average molecular weight is 304 g/mol. The number of hydrogen-bond donors (Lipinski definition) is 1.